The van der Waals surface area contributed by atoms with E-state index in [4.69, 9.17) is 43.6 Å². The lowest BCUT2D eigenvalue weighted by Gasteiger charge is -2.38. The fourth-order valence-corrected chi connectivity index (χ4v) is 4.82. The minimum Gasteiger partial charge on any atom is -0.369 e. The van der Waals surface area contributed by atoms with Gasteiger partial charge in [0.15, 0.2) is 0 Å². The van der Waals surface area contributed by atoms with Crippen LogP contribution in [0.15, 0.2) is 0 Å². The van der Waals surface area contributed by atoms with Gasteiger partial charge in [-0.25, -0.2) is 0 Å². The number of primary amides is 1. The Bertz CT molecular complexity index is 720. The normalized spacial score (nSPS) is 30.5. The van der Waals surface area contributed by atoms with Crippen molar-refractivity contribution >= 4 is 23.8 Å². The molecule has 0 bridgehead atoms. The SMILES string of the molecule is NC(=O)C1CCN(c2nc(N3C[C@H](N)C[C@H](N)C3)nc(N3C[C@H](N)C[C@H](N)C3)n2)CC1. The third-order valence-electron chi connectivity index (χ3n) is 6.38. The van der Waals surface area contributed by atoms with Gasteiger partial charge in [-0.05, 0) is 25.7 Å². The number of hydrogen-bond donors (Lipinski definition) is 5. The van der Waals surface area contributed by atoms with Crippen LogP contribution in [-0.2, 0) is 4.79 Å². The number of aromatic nitrogens is 3. The summed E-state index contributed by atoms with van der Waals surface area (Å²) in [6.07, 6.45) is 2.92. The molecule has 0 unspecified atom stereocenters. The van der Waals surface area contributed by atoms with Crippen molar-refractivity contribution in [3.63, 3.8) is 0 Å². The van der Waals surface area contributed by atoms with E-state index in [9.17, 15) is 4.79 Å². The van der Waals surface area contributed by atoms with Crippen molar-refractivity contribution in [2.75, 3.05) is 54.0 Å². The Balaban J connectivity index is 1.63. The van der Waals surface area contributed by atoms with Crippen LogP contribution in [0.1, 0.15) is 25.7 Å². The Morgan fingerprint density at radius 3 is 1.39 bits per heavy atom. The second kappa shape index (κ2) is 9.07. The molecule has 0 spiro atoms. The molecule has 3 fully saturated rings. The molecule has 0 saturated carbocycles. The average molecular weight is 434 g/mol. The van der Waals surface area contributed by atoms with Crippen molar-refractivity contribution in [1.29, 1.82) is 0 Å². The highest BCUT2D eigenvalue weighted by atomic mass is 16.1. The molecule has 4 rings (SSSR count). The van der Waals surface area contributed by atoms with Crippen molar-refractivity contribution in [3.05, 3.63) is 0 Å². The second-order valence-corrected chi connectivity index (χ2v) is 9.22. The zero-order valence-corrected chi connectivity index (χ0v) is 17.9. The fourth-order valence-electron chi connectivity index (χ4n) is 4.82. The van der Waals surface area contributed by atoms with Gasteiger partial charge in [-0.1, -0.05) is 0 Å². The molecule has 0 aliphatic carbocycles. The minimum absolute atomic E-state index is 0.0319. The lowest BCUT2D eigenvalue weighted by atomic mass is 9.96. The van der Waals surface area contributed by atoms with Crippen LogP contribution in [-0.4, -0.2) is 84.3 Å². The summed E-state index contributed by atoms with van der Waals surface area (Å²) in [7, 11) is 0. The Morgan fingerprint density at radius 1 is 0.677 bits per heavy atom. The van der Waals surface area contributed by atoms with Gasteiger partial charge in [-0.3, -0.25) is 4.79 Å². The predicted molar refractivity (Wildman–Crippen MR) is 120 cm³/mol. The molecule has 172 valence electrons. The summed E-state index contributed by atoms with van der Waals surface area (Å²) < 4.78 is 0. The Kier molecular flexibility index (Phi) is 6.42. The maximum absolute atomic E-state index is 11.5. The van der Waals surface area contributed by atoms with Crippen molar-refractivity contribution in [2.45, 2.75) is 49.9 Å². The van der Waals surface area contributed by atoms with Crippen molar-refractivity contribution in [1.82, 2.24) is 15.0 Å². The monoisotopic (exact) mass is 433 g/mol. The smallest absolute Gasteiger partial charge is 0.232 e. The summed E-state index contributed by atoms with van der Waals surface area (Å²) in [5, 5.41) is 0. The third-order valence-corrected chi connectivity index (χ3v) is 6.38. The van der Waals surface area contributed by atoms with E-state index in [-0.39, 0.29) is 36.0 Å². The van der Waals surface area contributed by atoms with E-state index in [0.717, 1.165) is 12.8 Å². The van der Waals surface area contributed by atoms with E-state index in [1.165, 1.54) is 0 Å². The topological polar surface area (TPSA) is 196 Å². The molecule has 3 aliphatic heterocycles. The van der Waals surface area contributed by atoms with Crippen LogP contribution in [0, 0.1) is 5.92 Å². The van der Waals surface area contributed by atoms with Crippen LogP contribution in [0.3, 0.4) is 0 Å². The molecule has 1 amide bonds. The van der Waals surface area contributed by atoms with E-state index >= 15 is 0 Å². The summed E-state index contributed by atoms with van der Waals surface area (Å²) in [4.78, 5) is 32.0. The predicted octanol–water partition coefficient (Wildman–Crippen LogP) is -2.70. The molecule has 10 N–H and O–H groups in total. The van der Waals surface area contributed by atoms with E-state index in [0.29, 0.717) is 70.0 Å². The van der Waals surface area contributed by atoms with E-state index in [1.54, 1.807) is 0 Å². The lowest BCUT2D eigenvalue weighted by Crippen LogP contribution is -2.54. The molecule has 1 aromatic rings. The van der Waals surface area contributed by atoms with Gasteiger partial charge in [0.1, 0.15) is 0 Å². The summed E-state index contributed by atoms with van der Waals surface area (Å²) in [5.41, 5.74) is 30.3. The molecule has 4 atom stereocenters. The molecule has 1 aromatic heterocycles. The lowest BCUT2D eigenvalue weighted by molar-refractivity contribution is -0.122. The van der Waals surface area contributed by atoms with Crippen molar-refractivity contribution < 1.29 is 4.79 Å². The highest BCUT2D eigenvalue weighted by molar-refractivity contribution is 5.76. The van der Waals surface area contributed by atoms with Crippen molar-refractivity contribution in [3.8, 4) is 0 Å². The Labute approximate surface area is 182 Å². The van der Waals surface area contributed by atoms with Gasteiger partial charge in [-0.15, -0.1) is 0 Å². The van der Waals surface area contributed by atoms with Gasteiger partial charge in [0.2, 0.25) is 23.8 Å². The van der Waals surface area contributed by atoms with Gasteiger partial charge < -0.3 is 43.4 Å². The highest BCUT2D eigenvalue weighted by Gasteiger charge is 2.31. The van der Waals surface area contributed by atoms with Crippen LogP contribution < -0.4 is 43.4 Å². The summed E-state index contributed by atoms with van der Waals surface area (Å²) in [5.74, 6) is 1.37. The molecule has 31 heavy (non-hydrogen) atoms. The van der Waals surface area contributed by atoms with Gasteiger partial charge in [0.25, 0.3) is 0 Å². The first kappa shape index (κ1) is 21.9. The second-order valence-electron chi connectivity index (χ2n) is 9.22. The van der Waals surface area contributed by atoms with E-state index in [1.807, 2.05) is 9.80 Å². The zero-order valence-electron chi connectivity index (χ0n) is 17.9. The average Bonchev–Trinajstić information content (AvgIpc) is 2.72. The van der Waals surface area contributed by atoms with Gasteiger partial charge in [-0.2, -0.15) is 15.0 Å². The number of nitrogens with two attached hydrogens (primary N) is 5. The number of amides is 1. The number of nitrogens with zero attached hydrogens (tertiary/aromatic N) is 6. The van der Waals surface area contributed by atoms with Gasteiger partial charge in [0.05, 0.1) is 0 Å². The molecule has 3 aliphatic rings. The maximum atomic E-state index is 11.5. The van der Waals surface area contributed by atoms with Gasteiger partial charge in [0, 0.05) is 69.4 Å². The number of rotatable bonds is 4. The molecule has 0 aromatic carbocycles. The zero-order chi connectivity index (χ0) is 22.1. The molecule has 0 radical (unpaired) electrons. The minimum atomic E-state index is -0.246. The summed E-state index contributed by atoms with van der Waals surface area (Å²) in [6, 6.07) is -0.128. The number of carbonyl (C=O) groups excluding carboxylic acids is 1. The molecule has 12 nitrogen and oxygen atoms in total. The number of carbonyl (C=O) groups is 1. The summed E-state index contributed by atoms with van der Waals surface area (Å²) in [6.45, 7) is 3.88. The fraction of sp³-hybridized carbons (Fsp3) is 0.789. The third kappa shape index (κ3) is 5.14. The number of anilines is 3. The molecule has 4 heterocycles. The van der Waals surface area contributed by atoms with Crippen LogP contribution in [0.4, 0.5) is 17.8 Å². The quantitative estimate of drug-likeness (QED) is 0.331. The standard InChI is InChI=1S/C19H35N11O/c20-12-5-13(21)8-29(7-12)18-25-17(28-3-1-11(2-4-28)16(24)31)26-19(27-18)30-9-14(22)6-15(23)10-30/h11-15H,1-10,20-23H2,(H2,24,31)/t12-,13+,14-,15+. The van der Waals surface area contributed by atoms with Crippen molar-refractivity contribution in [2.24, 2.45) is 34.6 Å². The largest absolute Gasteiger partial charge is 0.369 e. The number of hydrogen-bond acceptors (Lipinski definition) is 11. The van der Waals surface area contributed by atoms with E-state index < -0.39 is 0 Å². The Morgan fingerprint density at radius 2 is 1.03 bits per heavy atom. The number of piperidine rings is 3. The first-order chi connectivity index (χ1) is 14.8. The van der Waals surface area contributed by atoms with Gasteiger partial charge >= 0.3 is 0 Å². The highest BCUT2D eigenvalue weighted by Crippen LogP contribution is 2.26. The van der Waals surface area contributed by atoms with Crippen LogP contribution >= 0.6 is 0 Å². The molecular weight excluding hydrogens is 398 g/mol. The maximum Gasteiger partial charge on any atom is 0.232 e. The van der Waals surface area contributed by atoms with E-state index in [2.05, 4.69) is 4.90 Å². The Hall–Kier alpha value is -2.28. The molecule has 3 saturated heterocycles. The van der Waals surface area contributed by atoms with Crippen LogP contribution in [0.2, 0.25) is 0 Å². The molecule has 12 heteroatoms. The molecular formula is C19H35N11O. The van der Waals surface area contributed by atoms with Crippen LogP contribution in [0.5, 0.6) is 0 Å². The summed E-state index contributed by atoms with van der Waals surface area (Å²) >= 11 is 0. The van der Waals surface area contributed by atoms with Crippen LogP contribution in [0.25, 0.3) is 0 Å². The first-order valence-corrected chi connectivity index (χ1v) is 11.1. The first-order valence-electron chi connectivity index (χ1n) is 11.1.